The zero-order valence-electron chi connectivity index (χ0n) is 18.5. The minimum atomic E-state index is -0.599. The Hall–Kier alpha value is -3.56. The third-order valence-electron chi connectivity index (χ3n) is 4.84. The summed E-state index contributed by atoms with van der Waals surface area (Å²) in [6.45, 7) is 5.56. The zero-order chi connectivity index (χ0) is 22.9. The van der Waals surface area contributed by atoms with Crippen LogP contribution in [0.15, 0.2) is 30.7 Å². The standard InChI is InChI=1S/C22H26FN7O2/c1-22(2,3)32-21(31)24-11-14-7-8-15(18(23)17(14)13-5-6-13)19-25-12-26-20(28-19)27-16-9-10-30(4)29-16/h7-10,12-13H,5-6,11H2,1-4H3,(H,24,31)(H,25,26,27,28,29). The molecule has 1 aliphatic carbocycles. The average molecular weight is 439 g/mol. The van der Waals surface area contributed by atoms with Gasteiger partial charge in [-0.3, -0.25) is 4.68 Å². The molecule has 1 fully saturated rings. The summed E-state index contributed by atoms with van der Waals surface area (Å²) in [5.41, 5.74) is 1.01. The van der Waals surface area contributed by atoms with Gasteiger partial charge < -0.3 is 15.4 Å². The second kappa shape index (κ2) is 8.52. The smallest absolute Gasteiger partial charge is 0.407 e. The highest BCUT2D eigenvalue weighted by Crippen LogP contribution is 2.44. The molecule has 9 nitrogen and oxygen atoms in total. The van der Waals surface area contributed by atoms with Crippen LogP contribution in [0.5, 0.6) is 0 Å². The molecule has 1 amide bonds. The van der Waals surface area contributed by atoms with Gasteiger partial charge in [-0.2, -0.15) is 10.1 Å². The predicted molar refractivity (Wildman–Crippen MR) is 117 cm³/mol. The number of aromatic nitrogens is 5. The van der Waals surface area contributed by atoms with Gasteiger partial charge in [0.05, 0.1) is 5.56 Å². The number of hydrogen-bond donors (Lipinski definition) is 2. The minimum Gasteiger partial charge on any atom is -0.444 e. The van der Waals surface area contributed by atoms with Crippen molar-refractivity contribution in [3.8, 4) is 11.4 Å². The van der Waals surface area contributed by atoms with Crippen molar-refractivity contribution in [2.24, 2.45) is 7.05 Å². The van der Waals surface area contributed by atoms with Gasteiger partial charge in [-0.1, -0.05) is 6.07 Å². The number of rotatable bonds is 6. The highest BCUT2D eigenvalue weighted by atomic mass is 19.1. The molecule has 0 atom stereocenters. The van der Waals surface area contributed by atoms with Crippen molar-refractivity contribution in [2.75, 3.05) is 5.32 Å². The first kappa shape index (κ1) is 21.7. The Bertz CT molecular complexity index is 1140. The van der Waals surface area contributed by atoms with Gasteiger partial charge in [0.25, 0.3) is 0 Å². The molecular formula is C22H26FN7O2. The summed E-state index contributed by atoms with van der Waals surface area (Å²) in [5.74, 6) is 0.831. The summed E-state index contributed by atoms with van der Waals surface area (Å²) in [7, 11) is 1.80. The van der Waals surface area contributed by atoms with E-state index in [4.69, 9.17) is 4.74 Å². The molecule has 0 saturated heterocycles. The van der Waals surface area contributed by atoms with Crippen molar-refractivity contribution in [3.63, 3.8) is 0 Å². The number of ether oxygens (including phenoxy) is 1. The molecule has 2 heterocycles. The Morgan fingerprint density at radius 3 is 2.69 bits per heavy atom. The Kier molecular flexibility index (Phi) is 5.77. The number of halogens is 1. The number of anilines is 2. The van der Waals surface area contributed by atoms with E-state index < -0.39 is 11.7 Å². The van der Waals surface area contributed by atoms with Crippen molar-refractivity contribution < 1.29 is 13.9 Å². The molecule has 0 spiro atoms. The molecule has 1 aliphatic rings. The van der Waals surface area contributed by atoms with Crippen LogP contribution in [-0.2, 0) is 18.3 Å². The Morgan fingerprint density at radius 1 is 1.25 bits per heavy atom. The molecule has 1 aromatic carbocycles. The fourth-order valence-corrected chi connectivity index (χ4v) is 3.34. The molecule has 10 heteroatoms. The first-order valence-corrected chi connectivity index (χ1v) is 10.4. The molecule has 168 valence electrons. The van der Waals surface area contributed by atoms with Crippen LogP contribution in [0.2, 0.25) is 0 Å². The lowest BCUT2D eigenvalue weighted by molar-refractivity contribution is 0.0523. The lowest BCUT2D eigenvalue weighted by Gasteiger charge is -2.20. The van der Waals surface area contributed by atoms with Crippen LogP contribution in [0, 0.1) is 5.82 Å². The summed E-state index contributed by atoms with van der Waals surface area (Å²) < 4.78 is 22.5. The normalized spacial score (nSPS) is 13.7. The first-order valence-electron chi connectivity index (χ1n) is 10.4. The van der Waals surface area contributed by atoms with E-state index in [1.807, 2.05) is 0 Å². The van der Waals surface area contributed by atoms with E-state index in [0.717, 1.165) is 18.4 Å². The number of nitrogens with zero attached hydrogens (tertiary/aromatic N) is 5. The molecule has 0 bridgehead atoms. The molecule has 2 N–H and O–H groups in total. The number of amides is 1. The number of aryl methyl sites for hydroxylation is 1. The van der Waals surface area contributed by atoms with E-state index >= 15 is 4.39 Å². The molecule has 0 aliphatic heterocycles. The van der Waals surface area contributed by atoms with Gasteiger partial charge in [-0.25, -0.2) is 19.2 Å². The Balaban J connectivity index is 1.57. The predicted octanol–water partition coefficient (Wildman–Crippen LogP) is 4.06. The SMILES string of the molecule is Cn1ccc(Nc2ncnc(-c3ccc(CNC(=O)OC(C)(C)C)c(C4CC4)c3F)n2)n1. The maximum Gasteiger partial charge on any atom is 0.407 e. The summed E-state index contributed by atoms with van der Waals surface area (Å²) in [6, 6.07) is 5.22. The summed E-state index contributed by atoms with van der Waals surface area (Å²) >= 11 is 0. The number of carbonyl (C=O) groups excluding carboxylic acids is 1. The van der Waals surface area contributed by atoms with Gasteiger partial charge in [0.2, 0.25) is 5.95 Å². The van der Waals surface area contributed by atoms with Crippen molar-refractivity contribution in [1.82, 2.24) is 30.0 Å². The molecule has 0 radical (unpaired) electrons. The fourth-order valence-electron chi connectivity index (χ4n) is 3.34. The van der Waals surface area contributed by atoms with Crippen LogP contribution in [-0.4, -0.2) is 36.4 Å². The monoisotopic (exact) mass is 439 g/mol. The Labute approximate surface area is 185 Å². The second-order valence-electron chi connectivity index (χ2n) is 8.76. The van der Waals surface area contributed by atoms with Crippen LogP contribution in [0.4, 0.5) is 21.0 Å². The van der Waals surface area contributed by atoms with E-state index in [1.54, 1.807) is 56.9 Å². The van der Waals surface area contributed by atoms with E-state index in [-0.39, 0.29) is 30.1 Å². The van der Waals surface area contributed by atoms with E-state index in [9.17, 15) is 4.79 Å². The van der Waals surface area contributed by atoms with E-state index in [0.29, 0.717) is 16.9 Å². The fraction of sp³-hybridized carbons (Fsp3) is 0.409. The highest BCUT2D eigenvalue weighted by molar-refractivity contribution is 5.68. The number of carbonyl (C=O) groups is 1. The van der Waals surface area contributed by atoms with Crippen molar-refractivity contribution in [3.05, 3.63) is 47.7 Å². The third kappa shape index (κ3) is 5.19. The van der Waals surface area contributed by atoms with Crippen LogP contribution in [0.3, 0.4) is 0 Å². The molecule has 2 aromatic heterocycles. The number of nitrogens with one attached hydrogen (secondary N) is 2. The Morgan fingerprint density at radius 2 is 2.03 bits per heavy atom. The number of hydrogen-bond acceptors (Lipinski definition) is 7. The summed E-state index contributed by atoms with van der Waals surface area (Å²) in [5, 5.41) is 9.93. The molecule has 0 unspecified atom stereocenters. The second-order valence-corrected chi connectivity index (χ2v) is 8.76. The van der Waals surface area contributed by atoms with Crippen molar-refractivity contribution >= 4 is 17.9 Å². The zero-order valence-corrected chi connectivity index (χ0v) is 18.5. The van der Waals surface area contributed by atoms with Gasteiger partial charge >= 0.3 is 6.09 Å². The third-order valence-corrected chi connectivity index (χ3v) is 4.84. The quantitative estimate of drug-likeness (QED) is 0.596. The van der Waals surface area contributed by atoms with Gasteiger partial charge in [0.1, 0.15) is 17.7 Å². The largest absolute Gasteiger partial charge is 0.444 e. The van der Waals surface area contributed by atoms with Crippen LogP contribution >= 0.6 is 0 Å². The summed E-state index contributed by atoms with van der Waals surface area (Å²) in [4.78, 5) is 24.6. The van der Waals surface area contributed by atoms with Gasteiger partial charge in [0.15, 0.2) is 11.6 Å². The topological polar surface area (TPSA) is 107 Å². The molecule has 3 aromatic rings. The van der Waals surface area contributed by atoms with Crippen molar-refractivity contribution in [1.29, 1.82) is 0 Å². The van der Waals surface area contributed by atoms with Crippen molar-refractivity contribution in [2.45, 2.75) is 51.7 Å². The maximum atomic E-state index is 15.6. The van der Waals surface area contributed by atoms with Crippen LogP contribution in [0.1, 0.15) is 50.7 Å². The van der Waals surface area contributed by atoms with Crippen LogP contribution in [0.25, 0.3) is 11.4 Å². The maximum absolute atomic E-state index is 15.6. The van der Waals surface area contributed by atoms with E-state index in [2.05, 4.69) is 30.7 Å². The minimum absolute atomic E-state index is 0.123. The molecule has 1 saturated carbocycles. The summed E-state index contributed by atoms with van der Waals surface area (Å²) in [6.07, 6.45) is 4.40. The number of benzene rings is 1. The van der Waals surface area contributed by atoms with Crippen LogP contribution < -0.4 is 10.6 Å². The number of alkyl carbamates (subject to hydrolysis) is 1. The van der Waals surface area contributed by atoms with Gasteiger partial charge in [-0.05, 0) is 56.7 Å². The van der Waals surface area contributed by atoms with Gasteiger partial charge in [0, 0.05) is 25.9 Å². The molecular weight excluding hydrogens is 413 g/mol. The van der Waals surface area contributed by atoms with Gasteiger partial charge in [-0.15, -0.1) is 0 Å². The lowest BCUT2D eigenvalue weighted by atomic mass is 9.98. The lowest BCUT2D eigenvalue weighted by Crippen LogP contribution is -2.32. The first-order chi connectivity index (χ1) is 15.2. The average Bonchev–Trinajstić information content (AvgIpc) is 3.47. The molecule has 4 rings (SSSR count). The highest BCUT2D eigenvalue weighted by Gasteiger charge is 2.31. The van der Waals surface area contributed by atoms with E-state index in [1.165, 1.54) is 6.33 Å². The molecule has 32 heavy (non-hydrogen) atoms.